The van der Waals surface area contributed by atoms with E-state index < -0.39 is 0 Å². The molecule has 0 spiro atoms. The van der Waals surface area contributed by atoms with Gasteiger partial charge in [-0.1, -0.05) is 23.7 Å². The summed E-state index contributed by atoms with van der Waals surface area (Å²) < 4.78 is 23.1. The molecule has 0 radical (unpaired) electrons. The van der Waals surface area contributed by atoms with E-state index in [0.717, 1.165) is 44.8 Å². The fourth-order valence-corrected chi connectivity index (χ4v) is 4.43. The molecule has 0 heterocycles. The third-order valence-electron chi connectivity index (χ3n) is 6.85. The zero-order valence-corrected chi connectivity index (χ0v) is 26.0. The number of hydrogen-bond donors (Lipinski definition) is 0. The molecule has 6 nitrogen and oxygen atoms in total. The molecule has 1 aliphatic carbocycles. The Bertz CT molecular complexity index is 1690. The quantitative estimate of drug-likeness (QED) is 0.210. The van der Waals surface area contributed by atoms with Gasteiger partial charge in [0.05, 0.1) is 33.0 Å². The molecule has 0 saturated heterocycles. The summed E-state index contributed by atoms with van der Waals surface area (Å²) in [5.41, 5.74) is 7.09. The Hall–Kier alpha value is -5.33. The number of rotatable bonds is 6. The van der Waals surface area contributed by atoms with Crippen LogP contribution in [0.1, 0.15) is 22.3 Å². The SMILES string of the molecule is COC1=CC(C#Cc2ccc(N(C)C)cc2)=CC(=[O+]C)/C1=C\c1c(OC)cc(C#Cc2ccc(N(C)C)cc2)cc1OC. The van der Waals surface area contributed by atoms with Gasteiger partial charge in [0, 0.05) is 61.8 Å². The van der Waals surface area contributed by atoms with Crippen molar-refractivity contribution in [2.45, 2.75) is 0 Å². The van der Waals surface area contributed by atoms with Crippen LogP contribution in [0.2, 0.25) is 0 Å². The van der Waals surface area contributed by atoms with Crippen molar-refractivity contribution >= 4 is 23.2 Å². The van der Waals surface area contributed by atoms with E-state index in [1.807, 2.05) is 107 Å². The Kier molecular flexibility index (Phi) is 9.99. The largest absolute Gasteiger partial charge is 0.496 e. The van der Waals surface area contributed by atoms with E-state index >= 15 is 0 Å². The maximum absolute atomic E-state index is 5.78. The molecule has 6 heteroatoms. The predicted octanol–water partition coefficient (Wildman–Crippen LogP) is 5.88. The van der Waals surface area contributed by atoms with Crippen molar-refractivity contribution in [1.29, 1.82) is 0 Å². The van der Waals surface area contributed by atoms with Crippen LogP contribution >= 0.6 is 0 Å². The van der Waals surface area contributed by atoms with Gasteiger partial charge in [-0.3, -0.25) is 4.42 Å². The van der Waals surface area contributed by atoms with Gasteiger partial charge in [-0.2, -0.15) is 0 Å². The van der Waals surface area contributed by atoms with Crippen LogP contribution in [0, 0.1) is 23.7 Å². The zero-order chi connectivity index (χ0) is 30.9. The summed E-state index contributed by atoms with van der Waals surface area (Å²) in [6.07, 6.45) is 5.73. The minimum atomic E-state index is 0.612. The van der Waals surface area contributed by atoms with Crippen LogP contribution < -0.4 is 19.3 Å². The Balaban J connectivity index is 1.67. The highest BCUT2D eigenvalue weighted by molar-refractivity contribution is 6.13. The Morgan fingerprint density at radius 3 is 1.56 bits per heavy atom. The van der Waals surface area contributed by atoms with E-state index in [9.17, 15) is 0 Å². The highest BCUT2D eigenvalue weighted by Crippen LogP contribution is 2.35. The highest BCUT2D eigenvalue weighted by Gasteiger charge is 2.27. The summed E-state index contributed by atoms with van der Waals surface area (Å²) in [4.78, 5) is 4.11. The Morgan fingerprint density at radius 2 is 1.12 bits per heavy atom. The van der Waals surface area contributed by atoms with Crippen molar-refractivity contribution in [2.24, 2.45) is 0 Å². The molecule has 3 aromatic rings. The fourth-order valence-electron chi connectivity index (χ4n) is 4.43. The van der Waals surface area contributed by atoms with Crippen molar-refractivity contribution in [1.82, 2.24) is 0 Å². The fraction of sp³-hybridized carbons (Fsp3) is 0.216. The molecule has 1 aliphatic rings. The van der Waals surface area contributed by atoms with Gasteiger partial charge in [-0.15, -0.1) is 0 Å². The topological polar surface area (TPSA) is 45.5 Å². The van der Waals surface area contributed by atoms with Gasteiger partial charge in [-0.25, -0.2) is 0 Å². The molecule has 218 valence electrons. The molecule has 0 bridgehead atoms. The minimum absolute atomic E-state index is 0.612. The third-order valence-corrected chi connectivity index (χ3v) is 6.85. The number of hydrogen-bond acceptors (Lipinski definition) is 5. The van der Waals surface area contributed by atoms with Gasteiger partial charge in [0.25, 0.3) is 7.11 Å². The van der Waals surface area contributed by atoms with Crippen molar-refractivity contribution in [2.75, 3.05) is 66.4 Å². The van der Waals surface area contributed by atoms with E-state index in [2.05, 4.69) is 33.5 Å². The van der Waals surface area contributed by atoms with Gasteiger partial charge in [0.2, 0.25) is 0 Å². The standard InChI is InChI=1S/C37H37N2O4/c1-38(2)30-17-13-26(14-18-30)9-11-28-21-34(40-5)32(35(22-28)41-6)25-33-36(42-7)23-29(24-37(33)43-8)12-10-27-15-19-31(20-16-27)39(3)4/h13-25H,1-8H3/q+1. The number of allylic oxidation sites excluding steroid dienone is 4. The molecule has 0 saturated carbocycles. The molecule has 0 unspecified atom stereocenters. The molecule has 0 aliphatic heterocycles. The number of methoxy groups -OCH3 is 3. The van der Waals surface area contributed by atoms with Gasteiger partial charge >= 0.3 is 5.78 Å². The first-order chi connectivity index (χ1) is 20.8. The molecule has 0 amide bonds. The normalized spacial score (nSPS) is 14.0. The number of nitrogens with zero attached hydrogens (tertiary/aromatic N) is 2. The molecule has 0 fully saturated rings. The van der Waals surface area contributed by atoms with Crippen LogP contribution in [0.3, 0.4) is 0 Å². The Labute approximate surface area is 255 Å². The first kappa shape index (κ1) is 30.6. The van der Waals surface area contributed by atoms with E-state index in [4.69, 9.17) is 18.6 Å². The summed E-state index contributed by atoms with van der Waals surface area (Å²) in [6.45, 7) is 0. The maximum Gasteiger partial charge on any atom is 0.355 e. The summed E-state index contributed by atoms with van der Waals surface area (Å²) in [5, 5.41) is 0. The van der Waals surface area contributed by atoms with Crippen LogP contribution in [0.15, 0.2) is 89.7 Å². The highest BCUT2D eigenvalue weighted by atomic mass is 16.5. The van der Waals surface area contributed by atoms with Crippen molar-refractivity contribution in [3.63, 3.8) is 0 Å². The molecule has 0 N–H and O–H groups in total. The van der Waals surface area contributed by atoms with E-state index in [0.29, 0.717) is 23.0 Å². The van der Waals surface area contributed by atoms with Gasteiger partial charge in [0.15, 0.2) is 0 Å². The van der Waals surface area contributed by atoms with Crippen LogP contribution in [0.5, 0.6) is 11.5 Å². The molecule has 0 atom stereocenters. The van der Waals surface area contributed by atoms with Crippen molar-refractivity contribution < 1.29 is 18.6 Å². The number of carbonyl (C=O) groups excluding carboxylic acids is 1. The number of benzene rings is 3. The molecule has 43 heavy (non-hydrogen) atoms. The van der Waals surface area contributed by atoms with E-state index in [1.54, 1.807) is 28.4 Å². The van der Waals surface area contributed by atoms with E-state index in [1.165, 1.54) is 0 Å². The van der Waals surface area contributed by atoms with Gasteiger partial charge in [-0.05, 0) is 72.8 Å². The molecular weight excluding hydrogens is 536 g/mol. The summed E-state index contributed by atoms with van der Waals surface area (Å²) in [5.74, 6) is 15.4. The summed E-state index contributed by atoms with van der Waals surface area (Å²) in [6, 6.07) is 20.0. The lowest BCUT2D eigenvalue weighted by Crippen LogP contribution is -2.12. The second kappa shape index (κ2) is 14.0. The predicted molar refractivity (Wildman–Crippen MR) is 176 cm³/mol. The number of ether oxygens (including phenoxy) is 3. The zero-order valence-electron chi connectivity index (χ0n) is 26.0. The van der Waals surface area contributed by atoms with Crippen LogP contribution in [-0.2, 0) is 9.16 Å². The molecule has 4 rings (SSSR count). The second-order valence-electron chi connectivity index (χ2n) is 10.1. The van der Waals surface area contributed by atoms with Crippen LogP contribution in [-0.4, -0.2) is 62.4 Å². The lowest BCUT2D eigenvalue weighted by Gasteiger charge is -2.14. The van der Waals surface area contributed by atoms with E-state index in [-0.39, 0.29) is 0 Å². The third kappa shape index (κ3) is 7.50. The average molecular weight is 574 g/mol. The maximum atomic E-state index is 5.78. The smallest absolute Gasteiger partial charge is 0.355 e. The first-order valence-electron chi connectivity index (χ1n) is 13.7. The van der Waals surface area contributed by atoms with Gasteiger partial charge < -0.3 is 24.0 Å². The molecule has 3 aromatic carbocycles. The first-order valence-corrected chi connectivity index (χ1v) is 13.7. The summed E-state index contributed by atoms with van der Waals surface area (Å²) >= 11 is 0. The van der Waals surface area contributed by atoms with Gasteiger partial charge in [0.1, 0.15) is 22.8 Å². The lowest BCUT2D eigenvalue weighted by molar-refractivity contribution is -0.418. The number of ketones is 1. The van der Waals surface area contributed by atoms with Crippen LogP contribution in [0.4, 0.5) is 11.4 Å². The average Bonchev–Trinajstić information content (AvgIpc) is 3.03. The lowest BCUT2D eigenvalue weighted by atomic mass is 9.95. The Morgan fingerprint density at radius 1 is 0.628 bits per heavy atom. The van der Waals surface area contributed by atoms with Crippen molar-refractivity contribution in [3.8, 4) is 35.2 Å². The number of anilines is 2. The molecule has 0 aromatic heterocycles. The second-order valence-corrected chi connectivity index (χ2v) is 10.1. The van der Waals surface area contributed by atoms with Crippen LogP contribution in [0.25, 0.3) is 6.08 Å². The van der Waals surface area contributed by atoms with Crippen molar-refractivity contribution in [3.05, 3.63) is 112 Å². The minimum Gasteiger partial charge on any atom is -0.496 e. The molecular formula is C37H37N2O4+. The summed E-state index contributed by atoms with van der Waals surface area (Å²) in [7, 11) is 14.6. The monoisotopic (exact) mass is 573 g/mol.